The average molecular weight is 207 g/mol. The standard InChI is InChI=1S/C8H19NOS.C2H6/c1-8(2,9-11-4)6-5-7-10-3;1-2/h9H,5-7H2,1-4H3;1-2H3. The first kappa shape index (κ1) is 15.7. The fraction of sp³-hybridized carbons (Fsp3) is 1.00. The lowest BCUT2D eigenvalue weighted by atomic mass is 10.0. The van der Waals surface area contributed by atoms with Crippen LogP contribution in [0.2, 0.25) is 0 Å². The van der Waals surface area contributed by atoms with E-state index in [1.165, 1.54) is 0 Å². The Labute approximate surface area is 88.0 Å². The lowest BCUT2D eigenvalue weighted by Gasteiger charge is -2.24. The Hall–Kier alpha value is 0.270. The molecule has 2 nitrogen and oxygen atoms in total. The van der Waals surface area contributed by atoms with Crippen molar-refractivity contribution >= 4 is 11.9 Å². The van der Waals surface area contributed by atoms with E-state index >= 15 is 0 Å². The van der Waals surface area contributed by atoms with Gasteiger partial charge in [-0.3, -0.25) is 4.72 Å². The van der Waals surface area contributed by atoms with E-state index in [2.05, 4.69) is 24.8 Å². The first-order valence-electron chi connectivity index (χ1n) is 4.91. The third kappa shape index (κ3) is 12.3. The zero-order valence-electron chi connectivity index (χ0n) is 9.94. The van der Waals surface area contributed by atoms with E-state index < -0.39 is 0 Å². The quantitative estimate of drug-likeness (QED) is 0.534. The molecule has 0 aromatic rings. The molecule has 0 saturated carbocycles. The van der Waals surface area contributed by atoms with E-state index in [-0.39, 0.29) is 5.54 Å². The molecule has 0 fully saturated rings. The van der Waals surface area contributed by atoms with Crippen LogP contribution in [0, 0.1) is 0 Å². The smallest absolute Gasteiger partial charge is 0.0462 e. The average Bonchev–Trinajstić information content (AvgIpc) is 2.08. The van der Waals surface area contributed by atoms with Crippen molar-refractivity contribution in [1.82, 2.24) is 4.72 Å². The van der Waals surface area contributed by atoms with Crippen LogP contribution in [-0.2, 0) is 4.74 Å². The van der Waals surface area contributed by atoms with Crippen LogP contribution < -0.4 is 4.72 Å². The molecule has 0 aromatic heterocycles. The zero-order valence-corrected chi connectivity index (χ0v) is 10.8. The molecule has 0 unspecified atom stereocenters. The Balaban J connectivity index is 0. The Morgan fingerprint density at radius 1 is 1.31 bits per heavy atom. The summed E-state index contributed by atoms with van der Waals surface area (Å²) < 4.78 is 8.32. The third-order valence-electron chi connectivity index (χ3n) is 1.53. The first-order valence-corrected chi connectivity index (χ1v) is 6.14. The second-order valence-electron chi connectivity index (χ2n) is 3.29. The van der Waals surface area contributed by atoms with Crippen LogP contribution in [0.4, 0.5) is 0 Å². The van der Waals surface area contributed by atoms with E-state index in [1.807, 2.05) is 13.8 Å². The minimum atomic E-state index is 0.234. The Kier molecular flexibility index (Phi) is 12.5. The van der Waals surface area contributed by atoms with Crippen molar-refractivity contribution in [2.24, 2.45) is 0 Å². The van der Waals surface area contributed by atoms with Gasteiger partial charge in [0.2, 0.25) is 0 Å². The third-order valence-corrected chi connectivity index (χ3v) is 2.29. The molecule has 0 radical (unpaired) electrons. The molecule has 0 atom stereocenters. The summed E-state index contributed by atoms with van der Waals surface area (Å²) in [5.41, 5.74) is 0.234. The summed E-state index contributed by atoms with van der Waals surface area (Å²) >= 11 is 1.68. The lowest BCUT2D eigenvalue weighted by molar-refractivity contribution is 0.185. The summed E-state index contributed by atoms with van der Waals surface area (Å²) in [4.78, 5) is 0. The van der Waals surface area contributed by atoms with Gasteiger partial charge in [-0.05, 0) is 32.9 Å². The fourth-order valence-corrected chi connectivity index (χ4v) is 1.64. The van der Waals surface area contributed by atoms with Crippen molar-refractivity contribution in [3.63, 3.8) is 0 Å². The minimum absolute atomic E-state index is 0.234. The van der Waals surface area contributed by atoms with Gasteiger partial charge in [0, 0.05) is 19.3 Å². The zero-order chi connectivity index (χ0) is 10.7. The van der Waals surface area contributed by atoms with Gasteiger partial charge >= 0.3 is 0 Å². The van der Waals surface area contributed by atoms with Gasteiger partial charge in [-0.2, -0.15) is 0 Å². The molecule has 0 aromatic carbocycles. The maximum Gasteiger partial charge on any atom is 0.0462 e. The van der Waals surface area contributed by atoms with Crippen LogP contribution in [0.1, 0.15) is 40.5 Å². The van der Waals surface area contributed by atoms with Gasteiger partial charge in [0.1, 0.15) is 0 Å². The van der Waals surface area contributed by atoms with Crippen LogP contribution in [0.15, 0.2) is 0 Å². The summed E-state index contributed by atoms with van der Waals surface area (Å²) in [5, 5.41) is 0. The topological polar surface area (TPSA) is 21.3 Å². The predicted molar refractivity (Wildman–Crippen MR) is 63.2 cm³/mol. The predicted octanol–water partition coefficient (Wildman–Crippen LogP) is 3.09. The Morgan fingerprint density at radius 2 is 1.85 bits per heavy atom. The van der Waals surface area contributed by atoms with Crippen molar-refractivity contribution in [3.8, 4) is 0 Å². The van der Waals surface area contributed by atoms with E-state index in [1.54, 1.807) is 19.1 Å². The monoisotopic (exact) mass is 207 g/mol. The van der Waals surface area contributed by atoms with Crippen LogP contribution >= 0.6 is 11.9 Å². The largest absolute Gasteiger partial charge is 0.385 e. The molecule has 0 aliphatic heterocycles. The van der Waals surface area contributed by atoms with Crippen molar-refractivity contribution in [2.75, 3.05) is 20.0 Å². The molecule has 1 N–H and O–H groups in total. The lowest BCUT2D eigenvalue weighted by Crippen LogP contribution is -2.34. The summed E-state index contributed by atoms with van der Waals surface area (Å²) in [7, 11) is 1.75. The van der Waals surface area contributed by atoms with E-state index in [9.17, 15) is 0 Å². The molecule has 0 aliphatic carbocycles. The molecule has 82 valence electrons. The van der Waals surface area contributed by atoms with Crippen molar-refractivity contribution in [2.45, 2.75) is 46.1 Å². The number of hydrogen-bond acceptors (Lipinski definition) is 3. The van der Waals surface area contributed by atoms with Crippen LogP contribution in [0.25, 0.3) is 0 Å². The molecule has 0 aliphatic rings. The summed E-state index contributed by atoms with van der Waals surface area (Å²) in [6.45, 7) is 9.28. The molecule has 0 amide bonds. The van der Waals surface area contributed by atoms with Crippen LogP contribution in [-0.4, -0.2) is 25.5 Å². The van der Waals surface area contributed by atoms with Gasteiger partial charge in [-0.1, -0.05) is 25.8 Å². The molecule has 3 heteroatoms. The Bertz CT molecular complexity index is 96.9. The summed E-state index contributed by atoms with van der Waals surface area (Å²) in [6, 6.07) is 0. The van der Waals surface area contributed by atoms with Crippen molar-refractivity contribution in [1.29, 1.82) is 0 Å². The second-order valence-corrected chi connectivity index (χ2v) is 3.90. The molecule has 13 heavy (non-hydrogen) atoms. The molecule has 0 spiro atoms. The maximum atomic E-state index is 4.98. The van der Waals surface area contributed by atoms with E-state index in [0.29, 0.717) is 0 Å². The maximum absolute atomic E-state index is 4.98. The highest BCUT2D eigenvalue weighted by atomic mass is 32.2. The second kappa shape index (κ2) is 10.4. The molecule has 0 saturated heterocycles. The highest BCUT2D eigenvalue weighted by Gasteiger charge is 2.14. The highest BCUT2D eigenvalue weighted by molar-refractivity contribution is 7.96. The van der Waals surface area contributed by atoms with Gasteiger partial charge in [0.15, 0.2) is 0 Å². The molecule has 0 bridgehead atoms. The summed E-state index contributed by atoms with van der Waals surface area (Å²) in [6.07, 6.45) is 4.33. The molecule has 0 rings (SSSR count). The number of methoxy groups -OCH3 is 1. The number of hydrogen-bond donors (Lipinski definition) is 1. The van der Waals surface area contributed by atoms with Gasteiger partial charge in [-0.25, -0.2) is 0 Å². The van der Waals surface area contributed by atoms with Gasteiger partial charge in [0.25, 0.3) is 0 Å². The first-order chi connectivity index (χ1) is 6.12. The minimum Gasteiger partial charge on any atom is -0.385 e. The van der Waals surface area contributed by atoms with Crippen molar-refractivity contribution in [3.05, 3.63) is 0 Å². The van der Waals surface area contributed by atoms with Gasteiger partial charge in [-0.15, -0.1) is 0 Å². The number of nitrogens with one attached hydrogen (secondary N) is 1. The normalized spacial score (nSPS) is 10.6. The highest BCUT2D eigenvalue weighted by Crippen LogP contribution is 2.13. The SMILES string of the molecule is CC.COCCCC(C)(C)NSC. The summed E-state index contributed by atoms with van der Waals surface area (Å²) in [5.74, 6) is 0. The van der Waals surface area contributed by atoms with Crippen LogP contribution in [0.5, 0.6) is 0 Å². The fourth-order valence-electron chi connectivity index (χ4n) is 0.986. The van der Waals surface area contributed by atoms with Gasteiger partial charge < -0.3 is 4.74 Å². The number of rotatable bonds is 6. The molecule has 0 heterocycles. The molecular weight excluding hydrogens is 182 g/mol. The van der Waals surface area contributed by atoms with E-state index in [4.69, 9.17) is 4.74 Å². The van der Waals surface area contributed by atoms with Crippen LogP contribution in [0.3, 0.4) is 0 Å². The Morgan fingerprint density at radius 3 is 2.23 bits per heavy atom. The molecular formula is C10H25NOS. The van der Waals surface area contributed by atoms with Gasteiger partial charge in [0.05, 0.1) is 0 Å². The van der Waals surface area contributed by atoms with Crippen molar-refractivity contribution < 1.29 is 4.74 Å². The number of ether oxygens (including phenoxy) is 1. The van der Waals surface area contributed by atoms with E-state index in [0.717, 1.165) is 19.4 Å².